The Hall–Kier alpha value is -3.05. The van der Waals surface area contributed by atoms with Gasteiger partial charge in [-0.15, -0.1) is 10.2 Å². The number of anilines is 1. The number of amides is 1. The van der Waals surface area contributed by atoms with Crippen LogP contribution in [0.15, 0.2) is 50.7 Å². The molecule has 0 bridgehead atoms. The molecular weight excluding hydrogens is 340 g/mol. The first-order valence-electron chi connectivity index (χ1n) is 7.42. The molecule has 126 valence electrons. The van der Waals surface area contributed by atoms with Crippen LogP contribution in [0.1, 0.15) is 18.2 Å². The van der Waals surface area contributed by atoms with Crippen molar-refractivity contribution in [2.75, 3.05) is 5.32 Å². The zero-order valence-corrected chi connectivity index (χ0v) is 14.3. The Balaban J connectivity index is 1.62. The Kier molecular flexibility index (Phi) is 4.86. The molecule has 0 saturated carbocycles. The molecule has 8 heteroatoms. The summed E-state index contributed by atoms with van der Waals surface area (Å²) in [5.41, 5.74) is 1.89. The van der Waals surface area contributed by atoms with Crippen molar-refractivity contribution in [1.29, 1.82) is 5.26 Å². The number of furan rings is 1. The monoisotopic (exact) mass is 354 g/mol. The number of aryl methyl sites for hydroxylation is 1. The van der Waals surface area contributed by atoms with Crippen LogP contribution >= 0.6 is 11.8 Å². The molecule has 0 saturated heterocycles. The van der Waals surface area contributed by atoms with Crippen molar-refractivity contribution in [1.82, 2.24) is 10.2 Å². The molecule has 0 fully saturated rings. The Morgan fingerprint density at radius 2 is 2.04 bits per heavy atom. The van der Waals surface area contributed by atoms with Crippen LogP contribution in [0.2, 0.25) is 0 Å². The molecule has 1 amide bonds. The Morgan fingerprint density at radius 1 is 1.28 bits per heavy atom. The second-order valence-electron chi connectivity index (χ2n) is 5.20. The summed E-state index contributed by atoms with van der Waals surface area (Å²) in [6.07, 6.45) is 1.55. The van der Waals surface area contributed by atoms with E-state index in [1.807, 2.05) is 6.07 Å². The lowest BCUT2D eigenvalue weighted by Crippen LogP contribution is -2.22. The van der Waals surface area contributed by atoms with Crippen LogP contribution in [-0.2, 0) is 4.79 Å². The normalized spacial score (nSPS) is 11.7. The Morgan fingerprint density at radius 3 is 2.68 bits per heavy atom. The van der Waals surface area contributed by atoms with Gasteiger partial charge in [-0.1, -0.05) is 11.8 Å². The van der Waals surface area contributed by atoms with E-state index in [0.717, 1.165) is 5.56 Å². The summed E-state index contributed by atoms with van der Waals surface area (Å²) in [6, 6.07) is 10.4. The van der Waals surface area contributed by atoms with Crippen LogP contribution in [0.4, 0.5) is 5.69 Å². The molecule has 2 heterocycles. The number of hydrogen-bond acceptors (Lipinski definition) is 7. The van der Waals surface area contributed by atoms with E-state index in [1.54, 1.807) is 50.4 Å². The van der Waals surface area contributed by atoms with Gasteiger partial charge >= 0.3 is 0 Å². The number of rotatable bonds is 5. The van der Waals surface area contributed by atoms with Crippen molar-refractivity contribution in [2.24, 2.45) is 0 Å². The molecule has 7 nitrogen and oxygen atoms in total. The van der Waals surface area contributed by atoms with E-state index in [-0.39, 0.29) is 5.91 Å². The van der Waals surface area contributed by atoms with Crippen molar-refractivity contribution in [2.45, 2.75) is 24.3 Å². The molecule has 0 radical (unpaired) electrons. The largest absolute Gasteiger partial charge is 0.469 e. The molecule has 1 aromatic carbocycles. The Labute approximate surface area is 148 Å². The van der Waals surface area contributed by atoms with Gasteiger partial charge in [0.05, 0.1) is 28.7 Å². The molecule has 0 aliphatic carbocycles. The molecule has 2 aromatic heterocycles. The summed E-state index contributed by atoms with van der Waals surface area (Å²) < 4.78 is 10.8. The number of aromatic nitrogens is 2. The fourth-order valence-corrected chi connectivity index (χ4v) is 2.73. The fourth-order valence-electron chi connectivity index (χ4n) is 2.05. The minimum Gasteiger partial charge on any atom is -0.469 e. The van der Waals surface area contributed by atoms with Gasteiger partial charge in [0, 0.05) is 5.69 Å². The van der Waals surface area contributed by atoms with Gasteiger partial charge in [-0.05, 0) is 44.2 Å². The molecule has 0 aliphatic rings. The van der Waals surface area contributed by atoms with Crippen LogP contribution in [-0.4, -0.2) is 21.4 Å². The van der Waals surface area contributed by atoms with E-state index in [0.29, 0.717) is 28.1 Å². The van der Waals surface area contributed by atoms with Crippen LogP contribution in [0.25, 0.3) is 11.5 Å². The minimum atomic E-state index is -0.436. The van der Waals surface area contributed by atoms with E-state index < -0.39 is 5.25 Å². The average Bonchev–Trinajstić information content (AvgIpc) is 3.24. The maximum atomic E-state index is 12.3. The van der Waals surface area contributed by atoms with Crippen molar-refractivity contribution in [3.63, 3.8) is 0 Å². The second kappa shape index (κ2) is 7.23. The van der Waals surface area contributed by atoms with Gasteiger partial charge < -0.3 is 14.2 Å². The van der Waals surface area contributed by atoms with E-state index in [1.165, 1.54) is 11.8 Å². The zero-order chi connectivity index (χ0) is 17.8. The zero-order valence-electron chi connectivity index (χ0n) is 13.5. The summed E-state index contributed by atoms with van der Waals surface area (Å²) in [4.78, 5) is 12.3. The number of nitrogens with one attached hydrogen (secondary N) is 1. The lowest BCUT2D eigenvalue weighted by atomic mass is 10.2. The van der Waals surface area contributed by atoms with Gasteiger partial charge in [-0.2, -0.15) is 5.26 Å². The maximum Gasteiger partial charge on any atom is 0.277 e. The molecule has 0 unspecified atom stereocenters. The van der Waals surface area contributed by atoms with Gasteiger partial charge in [-0.25, -0.2) is 0 Å². The van der Waals surface area contributed by atoms with E-state index in [2.05, 4.69) is 15.5 Å². The number of hydrogen-bond donors (Lipinski definition) is 1. The van der Waals surface area contributed by atoms with Gasteiger partial charge in [0.2, 0.25) is 5.91 Å². The topological polar surface area (TPSA) is 105 Å². The summed E-state index contributed by atoms with van der Waals surface area (Å²) in [5, 5.41) is 19.4. The minimum absolute atomic E-state index is 0.200. The SMILES string of the molecule is Cc1occc1-c1nnc(S[C@@H](C)C(=O)Nc2ccc(C#N)cc2)o1. The molecule has 3 rings (SSSR count). The van der Waals surface area contributed by atoms with Crippen molar-refractivity contribution in [3.8, 4) is 17.5 Å². The second-order valence-corrected chi connectivity index (χ2v) is 6.49. The highest BCUT2D eigenvalue weighted by Gasteiger charge is 2.20. The molecule has 1 atom stereocenters. The third-order valence-corrected chi connectivity index (χ3v) is 4.36. The predicted octanol–water partition coefficient (Wildman–Crippen LogP) is 3.63. The standard InChI is InChI=1S/C17H14N4O3S/c1-10-14(7-8-23-10)16-20-21-17(24-16)25-11(2)15(22)19-13-5-3-12(9-18)4-6-13/h3-8,11H,1-2H3,(H,19,22)/t11-/m0/s1. The van der Waals surface area contributed by atoms with Crippen molar-refractivity contribution < 1.29 is 13.6 Å². The first-order chi connectivity index (χ1) is 12.1. The third-order valence-electron chi connectivity index (χ3n) is 3.42. The first kappa shape index (κ1) is 16.8. The number of benzene rings is 1. The smallest absolute Gasteiger partial charge is 0.277 e. The molecule has 0 spiro atoms. The van der Waals surface area contributed by atoms with Gasteiger partial charge in [0.25, 0.3) is 11.1 Å². The highest BCUT2D eigenvalue weighted by atomic mass is 32.2. The number of carbonyl (C=O) groups is 1. The number of thioether (sulfide) groups is 1. The first-order valence-corrected chi connectivity index (χ1v) is 8.30. The van der Waals surface area contributed by atoms with Crippen molar-refractivity contribution >= 4 is 23.4 Å². The quantitative estimate of drug-likeness (QED) is 0.697. The number of nitriles is 1. The lowest BCUT2D eigenvalue weighted by molar-refractivity contribution is -0.115. The summed E-state index contributed by atoms with van der Waals surface area (Å²) in [6.45, 7) is 3.55. The lowest BCUT2D eigenvalue weighted by Gasteiger charge is -2.09. The highest BCUT2D eigenvalue weighted by molar-refractivity contribution is 8.00. The fraction of sp³-hybridized carbons (Fsp3) is 0.176. The van der Waals surface area contributed by atoms with Gasteiger partial charge in [-0.3, -0.25) is 4.79 Å². The highest BCUT2D eigenvalue weighted by Crippen LogP contribution is 2.28. The number of nitrogens with zero attached hydrogens (tertiary/aromatic N) is 3. The van der Waals surface area contributed by atoms with E-state index in [4.69, 9.17) is 14.1 Å². The predicted molar refractivity (Wildman–Crippen MR) is 91.8 cm³/mol. The van der Waals surface area contributed by atoms with Gasteiger partial charge in [0.15, 0.2) is 0 Å². The van der Waals surface area contributed by atoms with Crippen LogP contribution < -0.4 is 5.32 Å². The summed E-state index contributed by atoms with van der Waals surface area (Å²) in [7, 11) is 0. The molecule has 3 aromatic rings. The van der Waals surface area contributed by atoms with Crippen LogP contribution in [0.3, 0.4) is 0 Å². The van der Waals surface area contributed by atoms with Crippen LogP contribution in [0.5, 0.6) is 0 Å². The molecule has 25 heavy (non-hydrogen) atoms. The molecule has 1 N–H and O–H groups in total. The Bertz CT molecular complexity index is 924. The third kappa shape index (κ3) is 3.89. The molecule has 0 aliphatic heterocycles. The van der Waals surface area contributed by atoms with E-state index >= 15 is 0 Å². The van der Waals surface area contributed by atoms with Gasteiger partial charge in [0.1, 0.15) is 5.76 Å². The number of carbonyl (C=O) groups excluding carboxylic acids is 1. The maximum absolute atomic E-state index is 12.3. The van der Waals surface area contributed by atoms with Crippen molar-refractivity contribution in [3.05, 3.63) is 47.9 Å². The van der Waals surface area contributed by atoms with Crippen LogP contribution in [0, 0.1) is 18.3 Å². The average molecular weight is 354 g/mol. The molecular formula is C17H14N4O3S. The summed E-state index contributed by atoms with van der Waals surface area (Å²) in [5.74, 6) is 0.842. The summed E-state index contributed by atoms with van der Waals surface area (Å²) >= 11 is 1.17. The van der Waals surface area contributed by atoms with E-state index in [9.17, 15) is 4.79 Å².